The second kappa shape index (κ2) is 5.20. The zero-order chi connectivity index (χ0) is 13.1. The summed E-state index contributed by atoms with van der Waals surface area (Å²) in [7, 11) is 0. The van der Waals surface area contributed by atoms with Gasteiger partial charge in [0.15, 0.2) is 6.39 Å². The summed E-state index contributed by atoms with van der Waals surface area (Å²) in [6.45, 7) is 2.13. The van der Waals surface area contributed by atoms with E-state index < -0.39 is 12.0 Å². The van der Waals surface area contributed by atoms with Crippen LogP contribution < -0.4 is 0 Å². The molecule has 18 heavy (non-hydrogen) atoms. The molecule has 1 N–H and O–H groups in total. The van der Waals surface area contributed by atoms with Gasteiger partial charge in [-0.3, -0.25) is 4.79 Å². The van der Waals surface area contributed by atoms with Gasteiger partial charge in [0.2, 0.25) is 5.76 Å². The minimum Gasteiger partial charge on any atom is -0.480 e. The lowest BCUT2D eigenvalue weighted by atomic mass is 10.1. The lowest BCUT2D eigenvalue weighted by Gasteiger charge is -2.25. The molecule has 0 aromatic carbocycles. The number of carbonyl (C=O) groups excluding carboxylic acids is 1. The quantitative estimate of drug-likeness (QED) is 0.861. The van der Waals surface area contributed by atoms with Crippen molar-refractivity contribution < 1.29 is 19.1 Å². The summed E-state index contributed by atoms with van der Waals surface area (Å²) in [5.74, 6) is -1.19. The Balaban J connectivity index is 2.25. The van der Waals surface area contributed by atoms with Crippen LogP contribution in [0, 0.1) is 6.92 Å². The number of carbonyl (C=O) groups is 2. The number of aliphatic carboxylic acids is 1. The van der Waals surface area contributed by atoms with Crippen LogP contribution in [0.4, 0.5) is 0 Å². The average Bonchev–Trinajstić information content (AvgIpc) is 2.63. The van der Waals surface area contributed by atoms with Gasteiger partial charge in [0.05, 0.1) is 5.69 Å². The molecule has 1 aliphatic heterocycles. The maximum Gasteiger partial charge on any atom is 0.326 e. The number of hydrogen-bond donors (Lipinski definition) is 1. The summed E-state index contributed by atoms with van der Waals surface area (Å²) in [5.41, 5.74) is 0.494. The Morgan fingerprint density at radius 2 is 2.22 bits per heavy atom. The third-order valence-corrected chi connectivity index (χ3v) is 3.24. The fourth-order valence-electron chi connectivity index (χ4n) is 2.25. The lowest BCUT2D eigenvalue weighted by molar-refractivity contribution is -0.142. The van der Waals surface area contributed by atoms with Gasteiger partial charge >= 0.3 is 5.97 Å². The third kappa shape index (κ3) is 2.37. The zero-order valence-corrected chi connectivity index (χ0v) is 10.3. The summed E-state index contributed by atoms with van der Waals surface area (Å²) >= 11 is 0. The number of carboxylic acid groups (broad SMARTS) is 1. The lowest BCUT2D eigenvalue weighted by Crippen LogP contribution is -2.44. The van der Waals surface area contributed by atoms with E-state index in [1.807, 2.05) is 0 Å². The molecule has 1 aliphatic rings. The number of aryl methyl sites for hydroxylation is 1. The van der Waals surface area contributed by atoms with Crippen LogP contribution in [0.2, 0.25) is 0 Å². The molecule has 1 amide bonds. The van der Waals surface area contributed by atoms with Crippen LogP contribution in [-0.4, -0.2) is 39.5 Å². The first-order valence-electron chi connectivity index (χ1n) is 6.05. The largest absolute Gasteiger partial charge is 0.480 e. The highest BCUT2D eigenvalue weighted by atomic mass is 16.4. The standard InChI is InChI=1S/C12H16N2O4/c1-8-10(18-7-13-8)11(15)14-6-4-2-3-5-9(14)12(16)17/h7,9H,2-6H2,1H3,(H,16,17). The first-order valence-corrected chi connectivity index (χ1v) is 6.05. The molecule has 1 aromatic rings. The van der Waals surface area contributed by atoms with E-state index in [9.17, 15) is 14.7 Å². The predicted molar refractivity (Wildman–Crippen MR) is 62.2 cm³/mol. The first-order chi connectivity index (χ1) is 8.61. The molecule has 0 radical (unpaired) electrons. The molecule has 98 valence electrons. The summed E-state index contributed by atoms with van der Waals surface area (Å²) in [5, 5.41) is 9.21. The highest BCUT2D eigenvalue weighted by molar-refractivity contribution is 5.95. The highest BCUT2D eigenvalue weighted by Gasteiger charge is 2.33. The average molecular weight is 252 g/mol. The minimum absolute atomic E-state index is 0.142. The fraction of sp³-hybridized carbons (Fsp3) is 0.583. The molecule has 1 unspecified atom stereocenters. The second-order valence-electron chi connectivity index (χ2n) is 4.47. The van der Waals surface area contributed by atoms with Crippen molar-refractivity contribution in [3.63, 3.8) is 0 Å². The van der Waals surface area contributed by atoms with E-state index in [0.717, 1.165) is 19.3 Å². The van der Waals surface area contributed by atoms with E-state index in [2.05, 4.69) is 4.98 Å². The van der Waals surface area contributed by atoms with Crippen LogP contribution in [-0.2, 0) is 4.79 Å². The van der Waals surface area contributed by atoms with Crippen molar-refractivity contribution in [2.75, 3.05) is 6.54 Å². The Hall–Kier alpha value is -1.85. The Kier molecular flexibility index (Phi) is 3.64. The van der Waals surface area contributed by atoms with Crippen molar-refractivity contribution in [1.29, 1.82) is 0 Å². The molecule has 2 heterocycles. The molecule has 2 rings (SSSR count). The van der Waals surface area contributed by atoms with Crippen molar-refractivity contribution in [3.05, 3.63) is 17.8 Å². The van der Waals surface area contributed by atoms with E-state index in [1.54, 1.807) is 6.92 Å². The molecule has 0 bridgehead atoms. The molecule has 0 spiro atoms. The maximum atomic E-state index is 12.3. The number of likely N-dealkylation sites (tertiary alicyclic amines) is 1. The number of aromatic nitrogens is 1. The number of amides is 1. The van der Waals surface area contributed by atoms with Crippen LogP contribution in [0.3, 0.4) is 0 Å². The maximum absolute atomic E-state index is 12.3. The van der Waals surface area contributed by atoms with Crippen molar-refractivity contribution in [1.82, 2.24) is 9.88 Å². The van der Waals surface area contributed by atoms with Crippen molar-refractivity contribution >= 4 is 11.9 Å². The molecule has 1 atom stereocenters. The molecular formula is C12H16N2O4. The van der Waals surface area contributed by atoms with Crippen molar-refractivity contribution in [2.45, 2.75) is 38.6 Å². The van der Waals surface area contributed by atoms with E-state index in [4.69, 9.17) is 4.42 Å². The zero-order valence-electron chi connectivity index (χ0n) is 10.3. The van der Waals surface area contributed by atoms with Gasteiger partial charge in [-0.2, -0.15) is 0 Å². The van der Waals surface area contributed by atoms with E-state index in [1.165, 1.54) is 11.3 Å². The molecular weight excluding hydrogens is 236 g/mol. The van der Waals surface area contributed by atoms with Crippen LogP contribution in [0.15, 0.2) is 10.8 Å². The van der Waals surface area contributed by atoms with Gasteiger partial charge in [-0.05, 0) is 19.8 Å². The van der Waals surface area contributed by atoms with Gasteiger partial charge in [0, 0.05) is 6.54 Å². The third-order valence-electron chi connectivity index (χ3n) is 3.24. The van der Waals surface area contributed by atoms with Gasteiger partial charge in [0.25, 0.3) is 5.91 Å². The summed E-state index contributed by atoms with van der Waals surface area (Å²) in [6, 6.07) is -0.760. The Morgan fingerprint density at radius 1 is 1.44 bits per heavy atom. The van der Waals surface area contributed by atoms with Crippen LogP contribution in [0.25, 0.3) is 0 Å². The van der Waals surface area contributed by atoms with Gasteiger partial charge in [-0.25, -0.2) is 9.78 Å². The molecule has 1 aromatic heterocycles. The normalized spacial score (nSPS) is 20.5. The van der Waals surface area contributed by atoms with Crippen LogP contribution in [0.1, 0.15) is 41.9 Å². The molecule has 0 saturated carbocycles. The number of carboxylic acids is 1. The monoisotopic (exact) mass is 252 g/mol. The SMILES string of the molecule is Cc1ncoc1C(=O)N1CCCCCC1C(=O)O. The number of hydrogen-bond acceptors (Lipinski definition) is 4. The van der Waals surface area contributed by atoms with Gasteiger partial charge < -0.3 is 14.4 Å². The van der Waals surface area contributed by atoms with E-state index >= 15 is 0 Å². The van der Waals surface area contributed by atoms with Crippen LogP contribution >= 0.6 is 0 Å². The van der Waals surface area contributed by atoms with Gasteiger partial charge in [-0.15, -0.1) is 0 Å². The second-order valence-corrected chi connectivity index (χ2v) is 4.47. The molecule has 6 heteroatoms. The molecule has 1 saturated heterocycles. The Morgan fingerprint density at radius 3 is 2.83 bits per heavy atom. The van der Waals surface area contributed by atoms with Crippen molar-refractivity contribution in [3.8, 4) is 0 Å². The Bertz CT molecular complexity index is 455. The summed E-state index contributed by atoms with van der Waals surface area (Å²) in [6.07, 6.45) is 4.30. The highest BCUT2D eigenvalue weighted by Crippen LogP contribution is 2.20. The number of rotatable bonds is 2. The molecule has 6 nitrogen and oxygen atoms in total. The topological polar surface area (TPSA) is 83.6 Å². The summed E-state index contributed by atoms with van der Waals surface area (Å²) in [4.78, 5) is 28.8. The molecule has 1 fully saturated rings. The predicted octanol–water partition coefficient (Wildman–Crippen LogP) is 1.45. The van der Waals surface area contributed by atoms with Crippen LogP contribution in [0.5, 0.6) is 0 Å². The minimum atomic E-state index is -0.956. The number of nitrogens with zero attached hydrogens (tertiary/aromatic N) is 2. The van der Waals surface area contributed by atoms with E-state index in [-0.39, 0.29) is 11.7 Å². The summed E-state index contributed by atoms with van der Waals surface area (Å²) < 4.78 is 5.05. The smallest absolute Gasteiger partial charge is 0.326 e. The van der Waals surface area contributed by atoms with Crippen molar-refractivity contribution in [2.24, 2.45) is 0 Å². The Labute approximate surface area is 105 Å². The molecule has 0 aliphatic carbocycles. The van der Waals surface area contributed by atoms with E-state index in [0.29, 0.717) is 18.7 Å². The fourth-order valence-corrected chi connectivity index (χ4v) is 2.25. The first kappa shape index (κ1) is 12.6. The van der Waals surface area contributed by atoms with Gasteiger partial charge in [-0.1, -0.05) is 12.8 Å². The van der Waals surface area contributed by atoms with Gasteiger partial charge in [0.1, 0.15) is 6.04 Å². The number of oxazole rings is 1.